The van der Waals surface area contributed by atoms with E-state index in [2.05, 4.69) is 30.0 Å². The van der Waals surface area contributed by atoms with Gasteiger partial charge in [-0.3, -0.25) is 4.79 Å². The summed E-state index contributed by atoms with van der Waals surface area (Å²) in [5.41, 5.74) is 9.16. The lowest BCUT2D eigenvalue weighted by Crippen LogP contribution is -2.38. The van der Waals surface area contributed by atoms with Gasteiger partial charge in [-0.1, -0.05) is 19.1 Å². The van der Waals surface area contributed by atoms with Gasteiger partial charge in [-0.25, -0.2) is 0 Å². The number of nitrogens with two attached hydrogens (primary N) is 1. The molecule has 1 aromatic rings. The monoisotopic (exact) mass is 234 g/mol. The molecule has 1 heterocycles. The van der Waals surface area contributed by atoms with Gasteiger partial charge in [0, 0.05) is 25.2 Å². The van der Waals surface area contributed by atoms with E-state index in [1.807, 2.05) is 7.05 Å². The van der Waals surface area contributed by atoms with Crippen LogP contribution in [0.1, 0.15) is 24.0 Å². The minimum absolute atomic E-state index is 0.112. The van der Waals surface area contributed by atoms with Crippen molar-refractivity contribution in [2.75, 3.05) is 18.5 Å². The van der Waals surface area contributed by atoms with Gasteiger partial charge in [-0.2, -0.15) is 0 Å². The maximum atomic E-state index is 11.0. The van der Waals surface area contributed by atoms with Crippen LogP contribution in [0.25, 0.3) is 0 Å². The Kier molecular flexibility index (Phi) is 3.07. The number of hydrogen-bond donors (Lipinski definition) is 2. The van der Waals surface area contributed by atoms with Crippen LogP contribution in [0.2, 0.25) is 0 Å². The number of nitrogens with zero attached hydrogens (tertiary/aromatic N) is 1. The largest absolute Gasteiger partial charge is 0.480 e. The number of rotatable bonds is 3. The number of benzene rings is 1. The summed E-state index contributed by atoms with van der Waals surface area (Å²) < 4.78 is 0. The molecule has 0 bridgehead atoms. The van der Waals surface area contributed by atoms with Crippen LogP contribution in [-0.2, 0) is 11.2 Å². The number of hydrogen-bond acceptors (Lipinski definition) is 3. The number of aryl methyl sites for hydroxylation is 1. The molecule has 1 aliphatic rings. The number of anilines is 1. The van der Waals surface area contributed by atoms with Gasteiger partial charge >= 0.3 is 5.97 Å². The maximum Gasteiger partial charge on any atom is 0.321 e. The van der Waals surface area contributed by atoms with E-state index in [1.165, 1.54) is 5.56 Å². The van der Waals surface area contributed by atoms with Crippen LogP contribution in [0, 0.1) is 0 Å². The van der Waals surface area contributed by atoms with Crippen molar-refractivity contribution < 1.29 is 9.90 Å². The van der Waals surface area contributed by atoms with Crippen molar-refractivity contribution in [1.29, 1.82) is 0 Å². The van der Waals surface area contributed by atoms with E-state index in [1.54, 1.807) is 0 Å². The van der Waals surface area contributed by atoms with Gasteiger partial charge in [0.05, 0.1) is 0 Å². The number of aliphatic carboxylic acids is 1. The van der Waals surface area contributed by atoms with Crippen molar-refractivity contribution in [3.8, 4) is 0 Å². The molecule has 4 nitrogen and oxygen atoms in total. The topological polar surface area (TPSA) is 66.6 Å². The Morgan fingerprint density at radius 2 is 2.35 bits per heavy atom. The number of carboxylic acids is 1. The Bertz CT molecular complexity index is 445. The first-order chi connectivity index (χ1) is 8.04. The van der Waals surface area contributed by atoms with Crippen LogP contribution >= 0.6 is 0 Å². The zero-order valence-corrected chi connectivity index (χ0v) is 10.2. The fourth-order valence-electron chi connectivity index (χ4n) is 2.44. The molecule has 1 aromatic carbocycles. The van der Waals surface area contributed by atoms with E-state index in [4.69, 9.17) is 10.8 Å². The van der Waals surface area contributed by atoms with Crippen LogP contribution in [0.5, 0.6) is 0 Å². The predicted molar refractivity (Wildman–Crippen MR) is 67.4 cm³/mol. The molecule has 92 valence electrons. The highest BCUT2D eigenvalue weighted by molar-refractivity contribution is 5.77. The lowest BCUT2D eigenvalue weighted by molar-refractivity contribution is -0.139. The molecular formula is C13H18N2O2. The zero-order chi connectivity index (χ0) is 12.6. The molecule has 0 aromatic heterocycles. The Morgan fingerprint density at radius 1 is 1.65 bits per heavy atom. The highest BCUT2D eigenvalue weighted by Gasteiger charge is 2.34. The summed E-state index contributed by atoms with van der Waals surface area (Å²) in [6, 6.07) is 5.41. The van der Waals surface area contributed by atoms with Crippen LogP contribution in [-0.4, -0.2) is 30.7 Å². The SMILES string of the molecule is CCc1ccc2c(c1)C(C(N)C(=O)O)CN2C. The molecule has 0 fully saturated rings. The third-order valence-corrected chi connectivity index (χ3v) is 3.50. The van der Waals surface area contributed by atoms with E-state index in [-0.39, 0.29) is 5.92 Å². The second-order valence-electron chi connectivity index (χ2n) is 4.60. The highest BCUT2D eigenvalue weighted by atomic mass is 16.4. The number of likely N-dealkylation sites (N-methyl/N-ethyl adjacent to an activating group) is 1. The molecule has 0 aliphatic carbocycles. The highest BCUT2D eigenvalue weighted by Crippen LogP contribution is 2.37. The molecule has 0 saturated carbocycles. The molecule has 0 radical (unpaired) electrons. The van der Waals surface area contributed by atoms with Gasteiger partial charge in [0.25, 0.3) is 0 Å². The number of fused-ring (bicyclic) bond motifs is 1. The van der Waals surface area contributed by atoms with Crippen molar-refractivity contribution in [3.05, 3.63) is 29.3 Å². The van der Waals surface area contributed by atoms with E-state index < -0.39 is 12.0 Å². The molecule has 0 saturated heterocycles. The minimum atomic E-state index is -0.932. The standard InChI is InChI=1S/C13H18N2O2/c1-3-8-4-5-11-9(6-8)10(7-15(11)2)12(14)13(16)17/h4-6,10,12H,3,7,14H2,1-2H3,(H,16,17). The fourth-order valence-corrected chi connectivity index (χ4v) is 2.44. The Labute approximate surface area is 101 Å². The average molecular weight is 234 g/mol. The lowest BCUT2D eigenvalue weighted by Gasteiger charge is -2.16. The van der Waals surface area contributed by atoms with Gasteiger partial charge in [0.1, 0.15) is 6.04 Å². The van der Waals surface area contributed by atoms with Crippen molar-refractivity contribution in [1.82, 2.24) is 0 Å². The summed E-state index contributed by atoms with van der Waals surface area (Å²) in [7, 11) is 1.97. The quantitative estimate of drug-likeness (QED) is 0.824. The van der Waals surface area contributed by atoms with E-state index >= 15 is 0 Å². The first-order valence-electron chi connectivity index (χ1n) is 5.87. The molecule has 2 rings (SSSR count). The lowest BCUT2D eigenvalue weighted by atomic mass is 9.92. The van der Waals surface area contributed by atoms with Crippen molar-refractivity contribution in [3.63, 3.8) is 0 Å². The minimum Gasteiger partial charge on any atom is -0.480 e. The summed E-state index contributed by atoms with van der Waals surface area (Å²) in [5.74, 6) is -1.04. The van der Waals surface area contributed by atoms with E-state index in [9.17, 15) is 4.79 Å². The molecule has 17 heavy (non-hydrogen) atoms. The Balaban J connectivity index is 2.40. The van der Waals surface area contributed by atoms with Crippen molar-refractivity contribution in [2.45, 2.75) is 25.3 Å². The second kappa shape index (κ2) is 4.37. The van der Waals surface area contributed by atoms with Crippen LogP contribution in [0.3, 0.4) is 0 Å². The zero-order valence-electron chi connectivity index (χ0n) is 10.2. The molecule has 3 N–H and O–H groups in total. The maximum absolute atomic E-state index is 11.0. The van der Waals surface area contributed by atoms with Crippen LogP contribution in [0.15, 0.2) is 18.2 Å². The summed E-state index contributed by atoms with van der Waals surface area (Å²) in [6.45, 7) is 2.77. The molecule has 2 unspecified atom stereocenters. The average Bonchev–Trinajstić information content (AvgIpc) is 2.65. The van der Waals surface area contributed by atoms with Gasteiger partial charge in [-0.05, 0) is 23.6 Å². The van der Waals surface area contributed by atoms with E-state index in [0.29, 0.717) is 6.54 Å². The van der Waals surface area contributed by atoms with Gasteiger partial charge in [-0.15, -0.1) is 0 Å². The predicted octanol–water partition coefficient (Wildman–Crippen LogP) is 1.19. The molecule has 0 amide bonds. The smallest absolute Gasteiger partial charge is 0.321 e. The number of carbonyl (C=O) groups is 1. The summed E-state index contributed by atoms with van der Waals surface area (Å²) in [4.78, 5) is 13.1. The first-order valence-corrected chi connectivity index (χ1v) is 5.87. The summed E-state index contributed by atoms with van der Waals surface area (Å²) in [6.07, 6.45) is 0.950. The van der Waals surface area contributed by atoms with Gasteiger partial charge < -0.3 is 15.7 Å². The second-order valence-corrected chi connectivity index (χ2v) is 4.60. The molecule has 2 atom stereocenters. The summed E-state index contributed by atoms with van der Waals surface area (Å²) >= 11 is 0. The van der Waals surface area contributed by atoms with Gasteiger partial charge in [0.2, 0.25) is 0 Å². The van der Waals surface area contributed by atoms with Gasteiger partial charge in [0.15, 0.2) is 0 Å². The van der Waals surface area contributed by atoms with Crippen molar-refractivity contribution in [2.24, 2.45) is 5.73 Å². The first kappa shape index (κ1) is 11.9. The summed E-state index contributed by atoms with van der Waals surface area (Å²) in [5, 5.41) is 9.04. The normalized spacial score (nSPS) is 20.2. The molecule has 4 heteroatoms. The molecule has 0 spiro atoms. The van der Waals surface area contributed by atoms with E-state index in [0.717, 1.165) is 17.7 Å². The van der Waals surface area contributed by atoms with Crippen molar-refractivity contribution >= 4 is 11.7 Å². The van der Waals surface area contributed by atoms with Crippen LogP contribution in [0.4, 0.5) is 5.69 Å². The Hall–Kier alpha value is -1.55. The third kappa shape index (κ3) is 2.00. The van der Waals surface area contributed by atoms with Crippen LogP contribution < -0.4 is 10.6 Å². The number of carboxylic acid groups (broad SMARTS) is 1. The molecule has 1 aliphatic heterocycles. The fraction of sp³-hybridized carbons (Fsp3) is 0.462. The molecular weight excluding hydrogens is 216 g/mol. The third-order valence-electron chi connectivity index (χ3n) is 3.50. The Morgan fingerprint density at radius 3 is 2.94 bits per heavy atom.